The molecule has 1 aliphatic rings. The second kappa shape index (κ2) is 9.24. The van der Waals surface area contributed by atoms with Crippen molar-refractivity contribution in [2.24, 2.45) is 0 Å². The molecule has 0 radical (unpaired) electrons. The highest BCUT2D eigenvalue weighted by Crippen LogP contribution is 2.38. The molecule has 0 saturated heterocycles. The maximum absolute atomic E-state index is 12.4. The highest BCUT2D eigenvalue weighted by atomic mass is 32.2. The van der Waals surface area contributed by atoms with Crippen molar-refractivity contribution in [1.29, 1.82) is 0 Å². The van der Waals surface area contributed by atoms with Crippen molar-refractivity contribution in [3.8, 4) is 0 Å². The van der Waals surface area contributed by atoms with E-state index in [2.05, 4.69) is 17.4 Å². The highest BCUT2D eigenvalue weighted by molar-refractivity contribution is 7.99. The Bertz CT molecular complexity index is 771. The lowest BCUT2D eigenvalue weighted by atomic mass is 10.1. The molecule has 0 fully saturated rings. The van der Waals surface area contributed by atoms with Crippen LogP contribution in [0.3, 0.4) is 0 Å². The molecule has 1 aromatic carbocycles. The number of methoxy groups -OCH3 is 1. The van der Waals surface area contributed by atoms with E-state index in [-0.39, 0.29) is 11.9 Å². The lowest BCUT2D eigenvalue weighted by molar-refractivity contribution is -0.113. The van der Waals surface area contributed by atoms with Crippen molar-refractivity contribution in [3.05, 3.63) is 51.9 Å². The summed E-state index contributed by atoms with van der Waals surface area (Å²) in [6, 6.07) is 10.1. The molecule has 0 atom stereocenters. The predicted octanol–water partition coefficient (Wildman–Crippen LogP) is 4.68. The topological polar surface area (TPSA) is 55.4 Å². The molecule has 2 aromatic rings. The number of thioether (sulfide) groups is 1. The van der Waals surface area contributed by atoms with Crippen molar-refractivity contribution >= 4 is 40.0 Å². The molecule has 6 heteroatoms. The van der Waals surface area contributed by atoms with Crippen LogP contribution in [0.25, 0.3) is 0 Å². The summed E-state index contributed by atoms with van der Waals surface area (Å²) in [5, 5.41) is 3.59. The Labute approximate surface area is 162 Å². The molecule has 0 saturated carbocycles. The summed E-state index contributed by atoms with van der Waals surface area (Å²) in [7, 11) is 1.39. The van der Waals surface area contributed by atoms with E-state index in [0.29, 0.717) is 16.3 Å². The van der Waals surface area contributed by atoms with E-state index in [1.807, 2.05) is 18.2 Å². The summed E-state index contributed by atoms with van der Waals surface area (Å²) < 4.78 is 4.97. The van der Waals surface area contributed by atoms with Gasteiger partial charge in [0.25, 0.3) is 0 Å². The van der Waals surface area contributed by atoms with Gasteiger partial charge in [0, 0.05) is 10.6 Å². The lowest BCUT2D eigenvalue weighted by Gasteiger charge is -2.07. The number of carbonyl (C=O) groups excluding carboxylic acids is 2. The van der Waals surface area contributed by atoms with Crippen LogP contribution in [0.4, 0.5) is 5.00 Å². The minimum atomic E-state index is -0.350. The Kier molecular flexibility index (Phi) is 6.74. The Morgan fingerprint density at radius 1 is 1.15 bits per heavy atom. The van der Waals surface area contributed by atoms with Gasteiger partial charge in [-0.15, -0.1) is 23.1 Å². The fourth-order valence-electron chi connectivity index (χ4n) is 3.15. The van der Waals surface area contributed by atoms with Gasteiger partial charge in [0.2, 0.25) is 5.91 Å². The van der Waals surface area contributed by atoms with Crippen LogP contribution in [0, 0.1) is 0 Å². The zero-order chi connectivity index (χ0) is 18.4. The van der Waals surface area contributed by atoms with E-state index in [9.17, 15) is 9.59 Å². The number of esters is 1. The highest BCUT2D eigenvalue weighted by Gasteiger charge is 2.26. The van der Waals surface area contributed by atoms with Crippen LogP contribution in [0.2, 0.25) is 0 Å². The molecule has 0 bridgehead atoms. The van der Waals surface area contributed by atoms with Gasteiger partial charge < -0.3 is 10.1 Å². The first-order chi connectivity index (χ1) is 12.7. The summed E-state index contributed by atoms with van der Waals surface area (Å²) in [6.07, 6.45) is 5.25. The lowest BCUT2D eigenvalue weighted by Crippen LogP contribution is -2.16. The Morgan fingerprint density at radius 3 is 2.69 bits per heavy atom. The molecule has 138 valence electrons. The number of ether oxygens (including phenoxy) is 1. The average Bonchev–Trinajstić information content (AvgIpc) is 2.83. The second-order valence-electron chi connectivity index (χ2n) is 6.29. The van der Waals surface area contributed by atoms with Gasteiger partial charge in [-0.1, -0.05) is 36.8 Å². The molecular weight excluding hydrogens is 366 g/mol. The number of thiophene rings is 1. The molecule has 1 N–H and O–H groups in total. The van der Waals surface area contributed by atoms with Gasteiger partial charge in [-0.2, -0.15) is 0 Å². The van der Waals surface area contributed by atoms with E-state index in [1.165, 1.54) is 35.3 Å². The van der Waals surface area contributed by atoms with Crippen LogP contribution in [0.1, 0.15) is 45.6 Å². The van der Waals surface area contributed by atoms with Crippen molar-refractivity contribution in [3.63, 3.8) is 0 Å². The molecule has 1 amide bonds. The molecule has 26 heavy (non-hydrogen) atoms. The Balaban J connectivity index is 1.66. The predicted molar refractivity (Wildman–Crippen MR) is 108 cm³/mol. The molecule has 4 nitrogen and oxygen atoms in total. The zero-order valence-electron chi connectivity index (χ0n) is 14.9. The molecule has 1 aliphatic carbocycles. The van der Waals surface area contributed by atoms with Crippen molar-refractivity contribution in [2.75, 3.05) is 18.2 Å². The molecule has 1 heterocycles. The van der Waals surface area contributed by atoms with Gasteiger partial charge in [-0.25, -0.2) is 4.79 Å². The van der Waals surface area contributed by atoms with Gasteiger partial charge in [-0.05, 0) is 36.8 Å². The molecule has 3 rings (SSSR count). The number of aryl methyl sites for hydroxylation is 1. The number of rotatable bonds is 6. The molecule has 0 aliphatic heterocycles. The number of carbonyl (C=O) groups is 2. The first-order valence-corrected chi connectivity index (χ1v) is 10.8. The number of hydrogen-bond donors (Lipinski definition) is 1. The van der Waals surface area contributed by atoms with E-state index in [1.54, 1.807) is 11.8 Å². The number of hydrogen-bond acceptors (Lipinski definition) is 5. The van der Waals surface area contributed by atoms with Crippen molar-refractivity contribution in [2.45, 2.75) is 37.9 Å². The minimum Gasteiger partial charge on any atom is -0.465 e. The average molecular weight is 390 g/mol. The van der Waals surface area contributed by atoms with Crippen molar-refractivity contribution in [1.82, 2.24) is 0 Å². The number of nitrogens with one attached hydrogen (secondary N) is 1. The standard InChI is InChI=1S/C20H23NO3S2/c1-24-20(23)18-15-10-6-3-7-11-16(15)26-19(18)21-17(22)13-25-12-14-8-4-2-5-9-14/h2,4-5,8-9H,3,6-7,10-13H2,1H3,(H,21,22). The third kappa shape index (κ3) is 4.68. The fourth-order valence-corrected chi connectivity index (χ4v) is 5.23. The van der Waals surface area contributed by atoms with Gasteiger partial charge in [0.15, 0.2) is 0 Å². The van der Waals surface area contributed by atoms with Crippen LogP contribution in [0.5, 0.6) is 0 Å². The van der Waals surface area contributed by atoms with Crippen LogP contribution < -0.4 is 5.32 Å². The SMILES string of the molecule is COC(=O)c1c(NC(=O)CSCc2ccccc2)sc2c1CCCCC2. The van der Waals surface area contributed by atoms with Gasteiger partial charge in [-0.3, -0.25) is 4.79 Å². The summed E-state index contributed by atoms with van der Waals surface area (Å²) in [6.45, 7) is 0. The van der Waals surface area contributed by atoms with Crippen LogP contribution >= 0.6 is 23.1 Å². The third-order valence-corrected chi connectivity index (χ3v) is 6.62. The smallest absolute Gasteiger partial charge is 0.341 e. The number of fused-ring (bicyclic) bond motifs is 1. The minimum absolute atomic E-state index is 0.0764. The summed E-state index contributed by atoms with van der Waals surface area (Å²) >= 11 is 3.10. The quantitative estimate of drug-likeness (QED) is 0.576. The van der Waals surface area contributed by atoms with Crippen LogP contribution in [-0.2, 0) is 28.1 Å². The Morgan fingerprint density at radius 2 is 1.92 bits per heavy atom. The summed E-state index contributed by atoms with van der Waals surface area (Å²) in [4.78, 5) is 25.9. The number of amides is 1. The van der Waals surface area contributed by atoms with Gasteiger partial charge >= 0.3 is 5.97 Å². The van der Waals surface area contributed by atoms with Gasteiger partial charge in [0.1, 0.15) is 5.00 Å². The molecule has 0 unspecified atom stereocenters. The number of anilines is 1. The summed E-state index contributed by atoms with van der Waals surface area (Å²) in [5.41, 5.74) is 2.84. The van der Waals surface area contributed by atoms with Crippen LogP contribution in [0.15, 0.2) is 30.3 Å². The number of benzene rings is 1. The maximum atomic E-state index is 12.4. The third-order valence-electron chi connectivity index (χ3n) is 4.41. The first kappa shape index (κ1) is 19.0. The van der Waals surface area contributed by atoms with Crippen LogP contribution in [-0.4, -0.2) is 24.7 Å². The first-order valence-electron chi connectivity index (χ1n) is 8.83. The van der Waals surface area contributed by atoms with E-state index in [0.717, 1.165) is 37.0 Å². The van der Waals surface area contributed by atoms with Crippen molar-refractivity contribution < 1.29 is 14.3 Å². The fraction of sp³-hybridized carbons (Fsp3) is 0.400. The molecular formula is C20H23NO3S2. The second-order valence-corrected chi connectivity index (χ2v) is 8.38. The van der Waals surface area contributed by atoms with E-state index >= 15 is 0 Å². The maximum Gasteiger partial charge on any atom is 0.341 e. The molecule has 0 spiro atoms. The monoisotopic (exact) mass is 389 g/mol. The normalized spacial score (nSPS) is 13.6. The molecule has 1 aromatic heterocycles. The van der Waals surface area contributed by atoms with Gasteiger partial charge in [0.05, 0.1) is 18.4 Å². The summed E-state index contributed by atoms with van der Waals surface area (Å²) in [5.74, 6) is 0.723. The van der Waals surface area contributed by atoms with E-state index < -0.39 is 0 Å². The Hall–Kier alpha value is -1.79. The largest absolute Gasteiger partial charge is 0.465 e. The van der Waals surface area contributed by atoms with E-state index in [4.69, 9.17) is 4.74 Å². The zero-order valence-corrected chi connectivity index (χ0v) is 16.5.